The topological polar surface area (TPSA) is 192 Å². The van der Waals surface area contributed by atoms with Crippen LogP contribution in [0.2, 0.25) is 0 Å². The first-order chi connectivity index (χ1) is 38.0. The van der Waals surface area contributed by atoms with Gasteiger partial charge in [-0.2, -0.15) is 0 Å². The summed E-state index contributed by atoms with van der Waals surface area (Å²) in [6, 6.07) is 17.6. The van der Waals surface area contributed by atoms with Crippen molar-refractivity contribution in [2.75, 3.05) is 36.8 Å². The molecule has 0 radical (unpaired) electrons. The number of carbonyl (C=O) groups excluding carboxylic acids is 3. The van der Waals surface area contributed by atoms with E-state index in [-0.39, 0.29) is 41.0 Å². The number of likely N-dealkylation sites (tertiary alicyclic amines) is 1. The Kier molecular flexibility index (Phi) is 14.8. The number of hydrogen-bond acceptors (Lipinski definition) is 14. The van der Waals surface area contributed by atoms with Gasteiger partial charge in [0.1, 0.15) is 17.2 Å². The lowest BCUT2D eigenvalue weighted by molar-refractivity contribution is 0.000823. The second kappa shape index (κ2) is 22.2. The van der Waals surface area contributed by atoms with Crippen molar-refractivity contribution in [3.63, 3.8) is 0 Å². The first kappa shape index (κ1) is 52.7. The van der Waals surface area contributed by atoms with E-state index in [1.165, 1.54) is 43.8 Å². The van der Waals surface area contributed by atoms with Crippen LogP contribution < -0.4 is 20.1 Å². The minimum Gasteiger partial charge on any atom is -0.444 e. The normalized spacial score (nSPS) is 15.5. The number of aryl methyl sites for hydroxylation is 2. The third-order valence-electron chi connectivity index (χ3n) is 14.7. The Morgan fingerprint density at radius 3 is 1.47 bits per heavy atom. The Bertz CT molecular complexity index is 3600. The quantitative estimate of drug-likeness (QED) is 0.0771. The first-order valence-corrected chi connectivity index (χ1v) is 27.1. The predicted molar refractivity (Wildman–Crippen MR) is 294 cm³/mol. The maximum absolute atomic E-state index is 13.8. The number of pyridine rings is 2. The molecule has 1 aliphatic heterocycles. The minimum absolute atomic E-state index is 0.176. The molecule has 6 aromatic heterocycles. The molecule has 1 amide bonds. The minimum atomic E-state index is -0.542. The van der Waals surface area contributed by atoms with Gasteiger partial charge in [-0.05, 0) is 114 Å². The van der Waals surface area contributed by atoms with Crippen molar-refractivity contribution in [2.24, 2.45) is 23.7 Å². The SMILES string of the molecule is Cc1cc(-c2cnc3c(NCC4CCC4)cc(Oc4cncc(F)c4)nn23)ccc1C(=O)CC1CC1.Cc1cc(-c2cnc3c(NCC4CN(C(=O)OC(C)(C)C)C4)cc(Oc4cncc(F)c4)nn23)ccc1C(=O)CC1CC1. The molecule has 8 aromatic rings. The van der Waals surface area contributed by atoms with Gasteiger partial charge >= 0.3 is 6.09 Å². The molecule has 2 N–H and O–H groups in total. The zero-order valence-electron chi connectivity index (χ0n) is 45.0. The molecule has 3 aliphatic carbocycles. The number of hydrogen-bond donors (Lipinski definition) is 2. The van der Waals surface area contributed by atoms with Gasteiger partial charge in [0.15, 0.2) is 34.4 Å². The van der Waals surface area contributed by atoms with Gasteiger partial charge in [0, 0.05) is 91.5 Å². The van der Waals surface area contributed by atoms with Gasteiger partial charge in [-0.15, -0.1) is 10.2 Å². The third kappa shape index (κ3) is 12.7. The molecule has 0 spiro atoms. The number of nitrogens with zero attached hydrogens (tertiary/aromatic N) is 9. The average molecular weight is 1070 g/mol. The van der Waals surface area contributed by atoms with Crippen molar-refractivity contribution in [3.8, 4) is 45.8 Å². The molecule has 0 bridgehead atoms. The number of ketones is 2. The highest BCUT2D eigenvalue weighted by Gasteiger charge is 2.34. The van der Waals surface area contributed by atoms with Crippen molar-refractivity contribution in [1.82, 2.24) is 44.1 Å². The smallest absolute Gasteiger partial charge is 0.410 e. The number of rotatable bonds is 18. The van der Waals surface area contributed by atoms with E-state index in [1.54, 1.807) is 38.5 Å². The number of imidazole rings is 2. The van der Waals surface area contributed by atoms with Gasteiger partial charge in [-0.1, -0.05) is 30.7 Å². The summed E-state index contributed by atoms with van der Waals surface area (Å²) in [5.41, 5.74) is 8.79. The van der Waals surface area contributed by atoms with Crippen molar-refractivity contribution >= 4 is 40.3 Å². The van der Waals surface area contributed by atoms with Crippen molar-refractivity contribution in [2.45, 2.75) is 98.0 Å². The summed E-state index contributed by atoms with van der Waals surface area (Å²) in [7, 11) is 0. The summed E-state index contributed by atoms with van der Waals surface area (Å²) in [6.45, 7) is 12.0. The molecular weight excluding hydrogens is 1010 g/mol. The third-order valence-corrected chi connectivity index (χ3v) is 14.7. The van der Waals surface area contributed by atoms with E-state index in [4.69, 9.17) is 14.2 Å². The van der Waals surface area contributed by atoms with E-state index in [0.717, 1.165) is 89.4 Å². The summed E-state index contributed by atoms with van der Waals surface area (Å²) in [6.07, 6.45) is 17.8. The van der Waals surface area contributed by atoms with Gasteiger partial charge in [0.05, 0.1) is 59.9 Å². The van der Waals surface area contributed by atoms with Gasteiger partial charge in [-0.25, -0.2) is 32.6 Å². The maximum atomic E-state index is 13.8. The molecule has 17 nitrogen and oxygen atoms in total. The van der Waals surface area contributed by atoms with Gasteiger partial charge < -0.3 is 29.7 Å². The van der Waals surface area contributed by atoms with Crippen LogP contribution in [0.4, 0.5) is 25.0 Å². The Balaban J connectivity index is 0.000000170. The molecule has 7 heterocycles. The number of anilines is 2. The standard InChI is InChI=1S/C32H35FN6O4.C28H28FN5O2/c1-19-9-22(7-8-25(19)28(40)10-20-5-6-20)27-16-36-30-26(35-13-21-17-38(18-21)31(41)43-32(2,3)4)12-29(37-39(27)30)42-24-11-23(33)14-34-15-24;1-17-9-20(7-8-23(17)26(35)10-18-5-6-18)25-16-32-28-24(31-13-19-3-2-4-19)12-27(33-34(25)28)36-22-11-21(29)14-30-15-22/h7-9,11-12,14-16,20-21,35H,5-6,10,13,17-18H2,1-4H3;7-9,11-12,14-16,18-19,31H,2-6,10,13H2,1H3. The van der Waals surface area contributed by atoms with E-state index >= 15 is 0 Å². The fourth-order valence-corrected chi connectivity index (χ4v) is 9.82. The number of benzene rings is 2. The largest absolute Gasteiger partial charge is 0.444 e. The van der Waals surface area contributed by atoms with Crippen LogP contribution in [0.5, 0.6) is 23.3 Å². The molecule has 2 aromatic carbocycles. The number of carbonyl (C=O) groups is 3. The molecule has 4 fully saturated rings. The molecule has 12 rings (SSSR count). The molecule has 79 heavy (non-hydrogen) atoms. The number of ether oxygens (including phenoxy) is 3. The summed E-state index contributed by atoms with van der Waals surface area (Å²) in [5.74, 6) is 2.32. The van der Waals surface area contributed by atoms with Crippen LogP contribution in [0.3, 0.4) is 0 Å². The second-order valence-corrected chi connectivity index (χ2v) is 22.4. The highest BCUT2D eigenvalue weighted by Crippen LogP contribution is 2.37. The summed E-state index contributed by atoms with van der Waals surface area (Å²) in [4.78, 5) is 56.5. The van der Waals surface area contributed by atoms with E-state index in [0.29, 0.717) is 78.8 Å². The van der Waals surface area contributed by atoms with E-state index in [1.807, 2.05) is 71.0 Å². The predicted octanol–water partition coefficient (Wildman–Crippen LogP) is 12.5. The highest BCUT2D eigenvalue weighted by molar-refractivity contribution is 5.99. The highest BCUT2D eigenvalue weighted by atomic mass is 19.1. The summed E-state index contributed by atoms with van der Waals surface area (Å²) < 4.78 is 48.2. The average Bonchev–Trinajstić information content (AvgIpc) is 4.30. The lowest BCUT2D eigenvalue weighted by Crippen LogP contribution is -2.53. The fraction of sp³-hybridized carbons (Fsp3) is 0.383. The summed E-state index contributed by atoms with van der Waals surface area (Å²) >= 11 is 0. The van der Waals surface area contributed by atoms with Crippen LogP contribution in [0.25, 0.3) is 33.8 Å². The van der Waals surface area contributed by atoms with Crippen LogP contribution in [0.15, 0.2) is 97.8 Å². The van der Waals surface area contributed by atoms with Crippen LogP contribution in [0, 0.1) is 49.2 Å². The van der Waals surface area contributed by atoms with Crippen LogP contribution in [-0.2, 0) is 4.74 Å². The monoisotopic (exact) mass is 1070 g/mol. The van der Waals surface area contributed by atoms with E-state index in [9.17, 15) is 23.2 Å². The van der Waals surface area contributed by atoms with Crippen molar-refractivity contribution < 1.29 is 37.4 Å². The number of Topliss-reactive ketones (excluding diaryl/α,β-unsaturated/α-hetero) is 2. The number of nitrogens with one attached hydrogen (secondary N) is 2. The lowest BCUT2D eigenvalue weighted by Gasteiger charge is -2.39. The molecule has 19 heteroatoms. The van der Waals surface area contributed by atoms with Gasteiger partial charge in [0.2, 0.25) is 11.8 Å². The number of aromatic nitrogens is 8. The van der Waals surface area contributed by atoms with Crippen LogP contribution in [0.1, 0.15) is 110 Å². The molecule has 3 saturated carbocycles. The van der Waals surface area contributed by atoms with E-state index in [2.05, 4.69) is 40.8 Å². The Morgan fingerprint density at radius 1 is 0.595 bits per heavy atom. The number of halogens is 2. The Hall–Kier alpha value is -8.35. The zero-order chi connectivity index (χ0) is 55.0. The van der Waals surface area contributed by atoms with Crippen LogP contribution >= 0.6 is 0 Å². The maximum Gasteiger partial charge on any atom is 0.410 e. The van der Waals surface area contributed by atoms with E-state index < -0.39 is 17.2 Å². The fourth-order valence-electron chi connectivity index (χ4n) is 9.82. The second-order valence-electron chi connectivity index (χ2n) is 22.4. The van der Waals surface area contributed by atoms with Crippen LogP contribution in [-0.4, -0.2) is 93.5 Å². The first-order valence-electron chi connectivity index (χ1n) is 27.1. The molecule has 0 unspecified atom stereocenters. The molecule has 4 aliphatic rings. The molecule has 408 valence electrons. The van der Waals surface area contributed by atoms with Gasteiger partial charge in [0.25, 0.3) is 0 Å². The number of amides is 1. The molecule has 1 saturated heterocycles. The van der Waals surface area contributed by atoms with Crippen molar-refractivity contribution in [1.29, 1.82) is 0 Å². The van der Waals surface area contributed by atoms with Gasteiger partial charge in [-0.3, -0.25) is 19.6 Å². The molecular formula is C60H63F2N11O6. The summed E-state index contributed by atoms with van der Waals surface area (Å²) in [5, 5.41) is 16.3. The zero-order valence-corrected chi connectivity index (χ0v) is 45.0. The Labute approximate surface area is 456 Å². The Morgan fingerprint density at radius 2 is 1.06 bits per heavy atom. The lowest BCUT2D eigenvalue weighted by atomic mass is 9.85. The van der Waals surface area contributed by atoms with Crippen molar-refractivity contribution in [3.05, 3.63) is 132 Å². The number of fused-ring (bicyclic) bond motifs is 2. The molecule has 0 atom stereocenters.